The van der Waals surface area contributed by atoms with E-state index in [-0.39, 0.29) is 17.0 Å². The number of pyridine rings is 1. The lowest BCUT2D eigenvalue weighted by Crippen LogP contribution is -2.34. The van der Waals surface area contributed by atoms with Crippen molar-refractivity contribution in [3.05, 3.63) is 56.8 Å². The summed E-state index contributed by atoms with van der Waals surface area (Å²) >= 11 is 0. The molecule has 1 atom stereocenters. The molecule has 35 heavy (non-hydrogen) atoms. The van der Waals surface area contributed by atoms with Crippen molar-refractivity contribution in [1.29, 1.82) is 5.26 Å². The van der Waals surface area contributed by atoms with Crippen molar-refractivity contribution in [3.8, 4) is 29.1 Å². The highest BCUT2D eigenvalue weighted by Gasteiger charge is 2.37. The van der Waals surface area contributed by atoms with Gasteiger partial charge in [-0.15, -0.1) is 0 Å². The molecule has 0 unspecified atom stereocenters. The molecule has 0 bridgehead atoms. The van der Waals surface area contributed by atoms with Gasteiger partial charge in [-0.25, -0.2) is 0 Å². The van der Waals surface area contributed by atoms with E-state index in [9.17, 15) is 10.1 Å². The summed E-state index contributed by atoms with van der Waals surface area (Å²) in [5.41, 5.74) is 7.74. The number of hydrogen-bond donors (Lipinski definition) is 1. The van der Waals surface area contributed by atoms with E-state index in [0.717, 1.165) is 31.7 Å². The molecular formula is C26H34N4O5. The molecule has 188 valence electrons. The van der Waals surface area contributed by atoms with Gasteiger partial charge in [-0.3, -0.25) is 4.79 Å². The summed E-state index contributed by atoms with van der Waals surface area (Å²) in [6.07, 6.45) is 0.815. The molecule has 1 aromatic carbocycles. The zero-order valence-corrected chi connectivity index (χ0v) is 21.3. The van der Waals surface area contributed by atoms with Crippen LogP contribution in [0.5, 0.6) is 23.0 Å². The van der Waals surface area contributed by atoms with Gasteiger partial charge in [0.1, 0.15) is 17.4 Å². The average molecular weight is 483 g/mol. The number of fused-ring (bicyclic) bond motifs is 1. The van der Waals surface area contributed by atoms with Crippen molar-refractivity contribution in [2.45, 2.75) is 39.7 Å². The van der Waals surface area contributed by atoms with Crippen LogP contribution < -0.4 is 30.2 Å². The Morgan fingerprint density at radius 3 is 2.40 bits per heavy atom. The number of aromatic nitrogens is 1. The third-order valence-electron chi connectivity index (χ3n) is 6.49. The standard InChI is InChI=1S/C26H34N4O5/c1-7-29(8-2)12-9-13-30-16(3)14-20-22(26(30)31)21(18(15-27)25(28)35-20)17-10-11-19(32-4)24(34-6)23(17)33-5/h10-11,14,21H,7-9,12-13,28H2,1-6H3/t21-/m1/s1. The highest BCUT2D eigenvalue weighted by Crippen LogP contribution is 2.48. The Balaban J connectivity index is 2.20. The molecule has 3 rings (SSSR count). The molecule has 0 saturated heterocycles. The smallest absolute Gasteiger partial charge is 0.258 e. The number of methoxy groups -OCH3 is 3. The number of nitriles is 1. The minimum Gasteiger partial charge on any atom is -0.493 e. The van der Waals surface area contributed by atoms with Crippen LogP contribution in [0.3, 0.4) is 0 Å². The van der Waals surface area contributed by atoms with Crippen LogP contribution in [0.25, 0.3) is 0 Å². The predicted octanol–water partition coefficient (Wildman–Crippen LogP) is 3.13. The monoisotopic (exact) mass is 482 g/mol. The second kappa shape index (κ2) is 11.2. The van der Waals surface area contributed by atoms with Gasteiger partial charge in [0.25, 0.3) is 5.56 Å². The number of hydrogen-bond acceptors (Lipinski definition) is 8. The molecule has 1 aromatic heterocycles. The van der Waals surface area contributed by atoms with Crippen molar-refractivity contribution < 1.29 is 18.9 Å². The highest BCUT2D eigenvalue weighted by atomic mass is 16.5. The molecule has 0 aliphatic carbocycles. The maximum Gasteiger partial charge on any atom is 0.258 e. The predicted molar refractivity (Wildman–Crippen MR) is 133 cm³/mol. The number of benzene rings is 1. The molecule has 0 radical (unpaired) electrons. The number of aryl methyl sites for hydroxylation is 1. The summed E-state index contributed by atoms with van der Waals surface area (Å²) in [4.78, 5) is 16.2. The Hall–Kier alpha value is -3.64. The fourth-order valence-electron chi connectivity index (χ4n) is 4.62. The van der Waals surface area contributed by atoms with Crippen LogP contribution >= 0.6 is 0 Å². The molecule has 9 heteroatoms. The van der Waals surface area contributed by atoms with E-state index < -0.39 is 5.92 Å². The first-order chi connectivity index (χ1) is 16.9. The number of rotatable bonds is 10. The van der Waals surface area contributed by atoms with Gasteiger partial charge >= 0.3 is 0 Å². The van der Waals surface area contributed by atoms with Gasteiger partial charge in [0.2, 0.25) is 11.6 Å². The van der Waals surface area contributed by atoms with Crippen LogP contribution in [0.4, 0.5) is 0 Å². The first-order valence-corrected chi connectivity index (χ1v) is 11.7. The largest absolute Gasteiger partial charge is 0.493 e. The molecule has 1 aliphatic rings. The molecule has 9 nitrogen and oxygen atoms in total. The summed E-state index contributed by atoms with van der Waals surface area (Å²) in [5.74, 6) is 0.696. The van der Waals surface area contributed by atoms with Crippen LogP contribution in [0.2, 0.25) is 0 Å². The summed E-state index contributed by atoms with van der Waals surface area (Å²) in [7, 11) is 4.53. The minimum absolute atomic E-state index is 0.0417. The van der Waals surface area contributed by atoms with Crippen LogP contribution in [-0.4, -0.2) is 50.4 Å². The maximum atomic E-state index is 13.9. The Labute approximate surface area is 206 Å². The Morgan fingerprint density at radius 1 is 1.14 bits per heavy atom. The van der Waals surface area contributed by atoms with E-state index in [2.05, 4.69) is 24.8 Å². The molecular weight excluding hydrogens is 448 g/mol. The third-order valence-corrected chi connectivity index (χ3v) is 6.49. The fraction of sp³-hybridized carbons (Fsp3) is 0.462. The lowest BCUT2D eigenvalue weighted by Gasteiger charge is -2.29. The van der Waals surface area contributed by atoms with E-state index >= 15 is 0 Å². The summed E-state index contributed by atoms with van der Waals surface area (Å²) in [5, 5.41) is 10.0. The van der Waals surface area contributed by atoms with E-state index in [1.807, 2.05) is 6.92 Å². The van der Waals surface area contributed by atoms with Gasteiger partial charge in [-0.2, -0.15) is 5.26 Å². The topological polar surface area (TPSA) is 112 Å². The van der Waals surface area contributed by atoms with E-state index in [0.29, 0.717) is 40.7 Å². The first kappa shape index (κ1) is 26.0. The van der Waals surface area contributed by atoms with Crippen molar-refractivity contribution in [1.82, 2.24) is 9.47 Å². The molecule has 2 heterocycles. The summed E-state index contributed by atoms with van der Waals surface area (Å²) < 4.78 is 24.1. The van der Waals surface area contributed by atoms with Gasteiger partial charge < -0.3 is 34.1 Å². The summed E-state index contributed by atoms with van der Waals surface area (Å²) in [6.45, 7) is 9.46. The zero-order valence-electron chi connectivity index (χ0n) is 21.3. The van der Waals surface area contributed by atoms with E-state index in [1.54, 1.807) is 22.8 Å². The van der Waals surface area contributed by atoms with E-state index in [1.165, 1.54) is 21.3 Å². The van der Waals surface area contributed by atoms with Gasteiger partial charge in [0.05, 0.1) is 32.8 Å². The molecule has 1 aliphatic heterocycles. The molecule has 2 N–H and O–H groups in total. The third kappa shape index (κ3) is 4.80. The molecule has 0 fully saturated rings. The lowest BCUT2D eigenvalue weighted by atomic mass is 9.83. The van der Waals surface area contributed by atoms with E-state index in [4.69, 9.17) is 24.7 Å². The lowest BCUT2D eigenvalue weighted by molar-refractivity contribution is 0.292. The first-order valence-electron chi connectivity index (χ1n) is 11.7. The van der Waals surface area contributed by atoms with Gasteiger partial charge in [-0.1, -0.05) is 19.9 Å². The van der Waals surface area contributed by atoms with Gasteiger partial charge in [0, 0.05) is 23.9 Å². The number of ether oxygens (including phenoxy) is 4. The molecule has 2 aromatic rings. The maximum absolute atomic E-state index is 13.9. The molecule has 0 spiro atoms. The number of nitrogens with zero attached hydrogens (tertiary/aromatic N) is 3. The van der Waals surface area contributed by atoms with Crippen molar-refractivity contribution in [2.24, 2.45) is 5.73 Å². The number of nitrogens with two attached hydrogens (primary N) is 1. The zero-order chi connectivity index (χ0) is 25.7. The Bertz CT molecular complexity index is 1210. The van der Waals surface area contributed by atoms with Crippen molar-refractivity contribution >= 4 is 0 Å². The Morgan fingerprint density at radius 2 is 1.83 bits per heavy atom. The highest BCUT2D eigenvalue weighted by molar-refractivity contribution is 5.64. The second-order valence-corrected chi connectivity index (χ2v) is 8.25. The molecule has 0 amide bonds. The quantitative estimate of drug-likeness (QED) is 0.550. The van der Waals surface area contributed by atoms with Crippen molar-refractivity contribution in [3.63, 3.8) is 0 Å². The van der Waals surface area contributed by atoms with Crippen LogP contribution in [0, 0.1) is 18.3 Å². The van der Waals surface area contributed by atoms with Gasteiger partial charge in [-0.05, 0) is 39.0 Å². The molecule has 0 saturated carbocycles. The minimum atomic E-state index is -0.791. The normalized spacial score (nSPS) is 14.9. The van der Waals surface area contributed by atoms with Crippen molar-refractivity contribution in [2.75, 3.05) is 41.0 Å². The second-order valence-electron chi connectivity index (χ2n) is 8.25. The SMILES string of the molecule is CCN(CC)CCCn1c(C)cc2c(c1=O)[C@H](c1ccc(OC)c(OC)c1OC)C(C#N)=C(N)O2. The van der Waals surface area contributed by atoms with Crippen LogP contribution in [0.15, 0.2) is 34.4 Å². The fourth-order valence-corrected chi connectivity index (χ4v) is 4.62. The number of allylic oxidation sites excluding steroid dienone is 1. The summed E-state index contributed by atoms with van der Waals surface area (Å²) in [6, 6.07) is 7.42. The average Bonchev–Trinajstić information content (AvgIpc) is 2.86. The Kier molecular flexibility index (Phi) is 8.30. The van der Waals surface area contributed by atoms with Crippen LogP contribution in [0.1, 0.15) is 43.0 Å². The van der Waals surface area contributed by atoms with Crippen LogP contribution in [-0.2, 0) is 6.54 Å². The van der Waals surface area contributed by atoms with Gasteiger partial charge in [0.15, 0.2) is 11.5 Å².